The van der Waals surface area contributed by atoms with Crippen LogP contribution in [0.25, 0.3) is 0 Å². The van der Waals surface area contributed by atoms with E-state index < -0.39 is 10.0 Å². The van der Waals surface area contributed by atoms with Crippen molar-refractivity contribution in [2.75, 3.05) is 38.1 Å². The summed E-state index contributed by atoms with van der Waals surface area (Å²) >= 11 is 0. The fraction of sp³-hybridized carbons (Fsp3) is 0.409. The third-order valence-corrected chi connectivity index (χ3v) is 6.08. The van der Waals surface area contributed by atoms with Crippen molar-refractivity contribution >= 4 is 45.6 Å². The van der Waals surface area contributed by atoms with Crippen molar-refractivity contribution in [2.24, 2.45) is 4.99 Å². The molecule has 0 bridgehead atoms. The van der Waals surface area contributed by atoms with Gasteiger partial charge >= 0.3 is 0 Å². The molecule has 0 aliphatic rings. The predicted octanol–water partition coefficient (Wildman–Crippen LogP) is 3.10. The van der Waals surface area contributed by atoms with Crippen LogP contribution >= 0.6 is 24.0 Å². The second kappa shape index (κ2) is 13.5. The van der Waals surface area contributed by atoms with Gasteiger partial charge in [-0.05, 0) is 63.2 Å². The summed E-state index contributed by atoms with van der Waals surface area (Å²) in [7, 11) is -2.05. The maximum atomic E-state index is 12.0. The van der Waals surface area contributed by atoms with E-state index in [0.29, 0.717) is 12.5 Å². The lowest BCUT2D eigenvalue weighted by Gasteiger charge is -2.24. The Bertz CT molecular complexity index is 950. The summed E-state index contributed by atoms with van der Waals surface area (Å²) in [4.78, 5) is 7.16. The Kier molecular flexibility index (Phi) is 11.9. The van der Waals surface area contributed by atoms with Crippen LogP contribution in [0.4, 0.5) is 5.69 Å². The van der Waals surface area contributed by atoms with Crippen LogP contribution in [0.3, 0.4) is 0 Å². The standard InChI is InChI=1S/C22H33N5O2S.HI/c1-5-24-22(25-13-14-27(6-2)20-11-7-9-18(3)15-20)26-17-19-10-8-12-21(16-19)30(28,29)23-4;/h7-12,15-16,23H,5-6,13-14,17H2,1-4H3,(H2,24,25,26);1H. The molecule has 0 spiro atoms. The second-order valence-electron chi connectivity index (χ2n) is 6.90. The number of hydrogen-bond donors (Lipinski definition) is 3. The van der Waals surface area contributed by atoms with Crippen molar-refractivity contribution in [3.8, 4) is 0 Å². The van der Waals surface area contributed by atoms with Crippen LogP contribution in [-0.2, 0) is 16.6 Å². The molecule has 9 heteroatoms. The highest BCUT2D eigenvalue weighted by molar-refractivity contribution is 14.0. The molecule has 0 heterocycles. The highest BCUT2D eigenvalue weighted by atomic mass is 127. The van der Waals surface area contributed by atoms with Crippen LogP contribution in [0, 0.1) is 6.92 Å². The smallest absolute Gasteiger partial charge is 0.240 e. The lowest BCUT2D eigenvalue weighted by molar-refractivity contribution is 0.588. The van der Waals surface area contributed by atoms with E-state index in [9.17, 15) is 8.42 Å². The minimum Gasteiger partial charge on any atom is -0.370 e. The topological polar surface area (TPSA) is 85.8 Å². The molecular weight excluding hydrogens is 525 g/mol. The lowest BCUT2D eigenvalue weighted by atomic mass is 10.2. The average Bonchev–Trinajstić information content (AvgIpc) is 2.75. The van der Waals surface area contributed by atoms with E-state index in [1.807, 2.05) is 13.0 Å². The monoisotopic (exact) mass is 559 g/mol. The van der Waals surface area contributed by atoms with Gasteiger partial charge in [-0.15, -0.1) is 24.0 Å². The van der Waals surface area contributed by atoms with Gasteiger partial charge in [-0.2, -0.15) is 0 Å². The number of aryl methyl sites for hydroxylation is 1. The molecule has 0 unspecified atom stereocenters. The van der Waals surface area contributed by atoms with Crippen LogP contribution in [0.1, 0.15) is 25.0 Å². The molecule has 0 aliphatic carbocycles. The molecule has 0 fully saturated rings. The molecule has 0 atom stereocenters. The van der Waals surface area contributed by atoms with Gasteiger partial charge in [0.1, 0.15) is 0 Å². The van der Waals surface area contributed by atoms with Gasteiger partial charge in [0.15, 0.2) is 5.96 Å². The number of likely N-dealkylation sites (N-methyl/N-ethyl adjacent to an activating group) is 1. The van der Waals surface area contributed by atoms with E-state index in [4.69, 9.17) is 0 Å². The molecule has 0 saturated heterocycles. The Labute approximate surface area is 203 Å². The van der Waals surface area contributed by atoms with Gasteiger partial charge in [0.05, 0.1) is 11.4 Å². The summed E-state index contributed by atoms with van der Waals surface area (Å²) in [6, 6.07) is 15.3. The van der Waals surface area contributed by atoms with E-state index in [2.05, 4.69) is 63.4 Å². The number of rotatable bonds is 10. The summed E-state index contributed by atoms with van der Waals surface area (Å²) in [5, 5.41) is 6.60. The highest BCUT2D eigenvalue weighted by Gasteiger charge is 2.11. The fourth-order valence-corrected chi connectivity index (χ4v) is 3.84. The SMILES string of the molecule is CCNC(=NCc1cccc(S(=O)(=O)NC)c1)NCCN(CC)c1cccc(C)c1.I. The Hall–Kier alpha value is -1.85. The minimum absolute atomic E-state index is 0. The first kappa shape index (κ1) is 27.2. The number of guanidine groups is 1. The number of anilines is 1. The zero-order valence-corrected chi connectivity index (χ0v) is 21.8. The van der Waals surface area contributed by atoms with Crippen molar-refractivity contribution in [3.05, 3.63) is 59.7 Å². The zero-order valence-electron chi connectivity index (χ0n) is 18.7. The fourth-order valence-electron chi connectivity index (χ4n) is 3.04. The molecule has 0 aromatic heterocycles. The van der Waals surface area contributed by atoms with Crippen LogP contribution in [0.5, 0.6) is 0 Å². The van der Waals surface area contributed by atoms with Gasteiger partial charge in [-0.1, -0.05) is 24.3 Å². The molecule has 0 aliphatic heterocycles. The summed E-state index contributed by atoms with van der Waals surface area (Å²) in [6.07, 6.45) is 0. The molecule has 2 aromatic rings. The van der Waals surface area contributed by atoms with Crippen molar-refractivity contribution in [3.63, 3.8) is 0 Å². The molecule has 2 aromatic carbocycles. The van der Waals surface area contributed by atoms with Gasteiger partial charge in [-0.25, -0.2) is 18.1 Å². The lowest BCUT2D eigenvalue weighted by Crippen LogP contribution is -2.41. The Morgan fingerprint density at radius 2 is 1.81 bits per heavy atom. The maximum absolute atomic E-state index is 12.0. The first-order valence-corrected chi connectivity index (χ1v) is 11.7. The van der Waals surface area contributed by atoms with Gasteiger partial charge in [0.25, 0.3) is 0 Å². The summed E-state index contributed by atoms with van der Waals surface area (Å²) in [6.45, 7) is 9.90. The number of benzene rings is 2. The maximum Gasteiger partial charge on any atom is 0.240 e. The average molecular weight is 560 g/mol. The Balaban J connectivity index is 0.00000480. The quantitative estimate of drug-likeness (QED) is 0.237. The molecule has 3 N–H and O–H groups in total. The molecule has 31 heavy (non-hydrogen) atoms. The summed E-state index contributed by atoms with van der Waals surface area (Å²) in [5.74, 6) is 0.708. The third-order valence-electron chi connectivity index (χ3n) is 4.66. The van der Waals surface area contributed by atoms with Crippen molar-refractivity contribution in [1.29, 1.82) is 0 Å². The molecule has 2 rings (SSSR count). The summed E-state index contributed by atoms with van der Waals surface area (Å²) in [5.41, 5.74) is 3.29. The number of halogens is 1. The van der Waals surface area contributed by atoms with E-state index in [1.54, 1.807) is 18.2 Å². The molecule has 0 radical (unpaired) electrons. The van der Waals surface area contributed by atoms with Crippen molar-refractivity contribution in [2.45, 2.75) is 32.2 Å². The number of sulfonamides is 1. The zero-order chi connectivity index (χ0) is 22.0. The van der Waals surface area contributed by atoms with Gasteiger partial charge in [0, 0.05) is 31.9 Å². The minimum atomic E-state index is -3.46. The van der Waals surface area contributed by atoms with E-state index in [1.165, 1.54) is 18.3 Å². The number of hydrogen-bond acceptors (Lipinski definition) is 4. The van der Waals surface area contributed by atoms with E-state index in [-0.39, 0.29) is 28.9 Å². The van der Waals surface area contributed by atoms with Crippen molar-refractivity contribution < 1.29 is 8.42 Å². The number of aliphatic imine (C=N–C) groups is 1. The molecule has 7 nitrogen and oxygen atoms in total. The van der Waals surface area contributed by atoms with Gasteiger partial charge in [0.2, 0.25) is 10.0 Å². The third kappa shape index (κ3) is 8.66. The number of nitrogens with one attached hydrogen (secondary N) is 3. The molecule has 0 amide bonds. The van der Waals surface area contributed by atoms with Crippen molar-refractivity contribution in [1.82, 2.24) is 15.4 Å². The molecular formula is C22H34IN5O2S. The largest absolute Gasteiger partial charge is 0.370 e. The van der Waals surface area contributed by atoms with Crippen LogP contribution in [0.15, 0.2) is 58.4 Å². The van der Waals surface area contributed by atoms with Crippen LogP contribution in [0.2, 0.25) is 0 Å². The first-order chi connectivity index (χ1) is 14.4. The normalized spacial score (nSPS) is 11.5. The van der Waals surface area contributed by atoms with Gasteiger partial charge < -0.3 is 15.5 Å². The molecule has 172 valence electrons. The highest BCUT2D eigenvalue weighted by Crippen LogP contribution is 2.15. The summed E-state index contributed by atoms with van der Waals surface area (Å²) < 4.78 is 26.3. The predicted molar refractivity (Wildman–Crippen MR) is 140 cm³/mol. The second-order valence-corrected chi connectivity index (χ2v) is 8.78. The van der Waals surface area contributed by atoms with E-state index >= 15 is 0 Å². The van der Waals surface area contributed by atoms with E-state index in [0.717, 1.165) is 31.7 Å². The number of nitrogens with zero attached hydrogens (tertiary/aromatic N) is 2. The van der Waals surface area contributed by atoms with Gasteiger partial charge in [-0.3, -0.25) is 0 Å². The molecule has 0 saturated carbocycles. The Morgan fingerprint density at radius 1 is 1.06 bits per heavy atom. The van der Waals surface area contributed by atoms with Crippen LogP contribution < -0.4 is 20.3 Å². The van der Waals surface area contributed by atoms with Crippen LogP contribution in [-0.4, -0.2) is 47.6 Å². The first-order valence-electron chi connectivity index (χ1n) is 10.3. The Morgan fingerprint density at radius 3 is 2.45 bits per heavy atom.